The lowest BCUT2D eigenvalue weighted by atomic mass is 9.83. The summed E-state index contributed by atoms with van der Waals surface area (Å²) in [5.41, 5.74) is 5.21. The molecule has 0 aliphatic rings. The van der Waals surface area contributed by atoms with Gasteiger partial charge >= 0.3 is 0 Å². The normalized spacial score (nSPS) is 13.2. The van der Waals surface area contributed by atoms with E-state index < -0.39 is 0 Å². The molecular formula is C9H21N3O2. The lowest BCUT2D eigenvalue weighted by Crippen LogP contribution is -2.40. The Morgan fingerprint density at radius 1 is 1.43 bits per heavy atom. The predicted molar refractivity (Wildman–Crippen MR) is 56.4 cm³/mol. The van der Waals surface area contributed by atoms with E-state index in [2.05, 4.69) is 10.5 Å². The molecule has 5 nitrogen and oxygen atoms in total. The summed E-state index contributed by atoms with van der Waals surface area (Å²) in [6.07, 6.45) is 1.81. The number of aliphatic hydroxyl groups excluding tert-OH is 1. The maximum Gasteiger partial charge on any atom is 0.153 e. The summed E-state index contributed by atoms with van der Waals surface area (Å²) < 4.78 is 0. The lowest BCUT2D eigenvalue weighted by molar-refractivity contribution is 0.114. The molecule has 0 aromatic carbocycles. The molecule has 0 unspecified atom stereocenters. The van der Waals surface area contributed by atoms with Gasteiger partial charge < -0.3 is 21.4 Å². The third-order valence-electron chi connectivity index (χ3n) is 2.77. The highest BCUT2D eigenvalue weighted by molar-refractivity contribution is 5.81. The van der Waals surface area contributed by atoms with E-state index in [1.807, 2.05) is 13.8 Å². The van der Waals surface area contributed by atoms with Crippen LogP contribution in [0.5, 0.6) is 0 Å². The van der Waals surface area contributed by atoms with Gasteiger partial charge in [-0.05, 0) is 12.8 Å². The molecule has 0 aliphatic carbocycles. The maximum absolute atomic E-state index is 9.25. The van der Waals surface area contributed by atoms with Crippen molar-refractivity contribution in [3.05, 3.63) is 0 Å². The molecular weight excluding hydrogens is 182 g/mol. The number of nitrogens with two attached hydrogens (primary N) is 1. The zero-order chi connectivity index (χ0) is 11.0. The molecule has 5 N–H and O–H groups in total. The van der Waals surface area contributed by atoms with E-state index in [0.717, 1.165) is 12.8 Å². The number of oxime groups is 1. The SMILES string of the molecule is CCC(CC)(CO)CNCC(N)=NO. The summed E-state index contributed by atoms with van der Waals surface area (Å²) in [6, 6.07) is 0. The quantitative estimate of drug-likeness (QED) is 0.205. The Kier molecular flexibility index (Phi) is 6.23. The van der Waals surface area contributed by atoms with E-state index in [0.29, 0.717) is 13.1 Å². The minimum atomic E-state index is -0.0876. The smallest absolute Gasteiger partial charge is 0.153 e. The van der Waals surface area contributed by atoms with Crippen LogP contribution in [0.4, 0.5) is 0 Å². The van der Waals surface area contributed by atoms with Crippen molar-refractivity contribution in [2.45, 2.75) is 26.7 Å². The van der Waals surface area contributed by atoms with Gasteiger partial charge in [-0.25, -0.2) is 0 Å². The van der Waals surface area contributed by atoms with Gasteiger partial charge in [-0.3, -0.25) is 0 Å². The van der Waals surface area contributed by atoms with Crippen LogP contribution in [0.3, 0.4) is 0 Å². The molecule has 0 aromatic rings. The standard InChI is InChI=1S/C9H21N3O2/c1-3-9(4-2,7-13)6-11-5-8(10)12-14/h11,13-14H,3-7H2,1-2H3,(H2,10,12). The number of amidine groups is 1. The number of hydrogen-bond donors (Lipinski definition) is 4. The maximum atomic E-state index is 9.25. The van der Waals surface area contributed by atoms with Crippen molar-refractivity contribution in [1.29, 1.82) is 0 Å². The van der Waals surface area contributed by atoms with Crippen LogP contribution in [-0.4, -0.2) is 35.8 Å². The summed E-state index contributed by atoms with van der Waals surface area (Å²) in [5.74, 6) is 0.157. The van der Waals surface area contributed by atoms with Gasteiger partial charge in [0.25, 0.3) is 0 Å². The van der Waals surface area contributed by atoms with Gasteiger partial charge in [-0.1, -0.05) is 19.0 Å². The van der Waals surface area contributed by atoms with E-state index in [1.165, 1.54) is 0 Å². The second kappa shape index (κ2) is 6.62. The fourth-order valence-electron chi connectivity index (χ4n) is 1.27. The molecule has 0 aliphatic heterocycles. The minimum absolute atomic E-state index is 0.0876. The van der Waals surface area contributed by atoms with Gasteiger partial charge in [0.2, 0.25) is 0 Å². The molecule has 0 atom stereocenters. The Hall–Kier alpha value is -0.810. The number of rotatable bonds is 7. The summed E-state index contributed by atoms with van der Waals surface area (Å²) in [4.78, 5) is 0. The average Bonchev–Trinajstić information content (AvgIpc) is 2.25. The number of nitrogens with zero attached hydrogens (tertiary/aromatic N) is 1. The molecule has 0 saturated heterocycles. The summed E-state index contributed by atoms with van der Waals surface area (Å²) in [7, 11) is 0. The van der Waals surface area contributed by atoms with Crippen LogP contribution in [-0.2, 0) is 0 Å². The van der Waals surface area contributed by atoms with Crippen LogP contribution >= 0.6 is 0 Å². The third kappa shape index (κ3) is 3.93. The van der Waals surface area contributed by atoms with Crippen molar-refractivity contribution < 1.29 is 10.3 Å². The van der Waals surface area contributed by atoms with Crippen LogP contribution in [0.25, 0.3) is 0 Å². The number of hydrogen-bond acceptors (Lipinski definition) is 4. The minimum Gasteiger partial charge on any atom is -0.409 e. The van der Waals surface area contributed by atoms with Gasteiger partial charge in [-0.15, -0.1) is 0 Å². The van der Waals surface area contributed by atoms with E-state index in [1.54, 1.807) is 0 Å². The number of aliphatic hydroxyl groups is 1. The highest BCUT2D eigenvalue weighted by Crippen LogP contribution is 2.24. The molecule has 14 heavy (non-hydrogen) atoms. The highest BCUT2D eigenvalue weighted by Gasteiger charge is 2.24. The van der Waals surface area contributed by atoms with Crippen LogP contribution in [0.1, 0.15) is 26.7 Å². The van der Waals surface area contributed by atoms with Gasteiger partial charge in [0, 0.05) is 18.6 Å². The largest absolute Gasteiger partial charge is 0.409 e. The molecule has 84 valence electrons. The van der Waals surface area contributed by atoms with Crippen LogP contribution in [0, 0.1) is 5.41 Å². The fourth-order valence-corrected chi connectivity index (χ4v) is 1.27. The lowest BCUT2D eigenvalue weighted by Gasteiger charge is -2.29. The van der Waals surface area contributed by atoms with Crippen molar-refractivity contribution in [2.24, 2.45) is 16.3 Å². The van der Waals surface area contributed by atoms with Crippen molar-refractivity contribution in [1.82, 2.24) is 5.32 Å². The van der Waals surface area contributed by atoms with E-state index >= 15 is 0 Å². The second-order valence-electron chi connectivity index (χ2n) is 3.56. The van der Waals surface area contributed by atoms with Crippen molar-refractivity contribution in [2.75, 3.05) is 19.7 Å². The van der Waals surface area contributed by atoms with Crippen molar-refractivity contribution >= 4 is 5.84 Å². The zero-order valence-electron chi connectivity index (χ0n) is 8.95. The molecule has 0 bridgehead atoms. The zero-order valence-corrected chi connectivity index (χ0v) is 8.95. The monoisotopic (exact) mass is 203 g/mol. The molecule has 0 aromatic heterocycles. The van der Waals surface area contributed by atoms with E-state index in [4.69, 9.17) is 10.9 Å². The Bertz CT molecular complexity index is 171. The molecule has 0 heterocycles. The molecule has 0 amide bonds. The molecule has 0 rings (SSSR count). The third-order valence-corrected chi connectivity index (χ3v) is 2.77. The fraction of sp³-hybridized carbons (Fsp3) is 0.889. The van der Waals surface area contributed by atoms with E-state index in [9.17, 15) is 5.11 Å². The Balaban J connectivity index is 3.94. The first-order valence-corrected chi connectivity index (χ1v) is 4.92. The Labute approximate surface area is 85.0 Å². The molecule has 0 saturated carbocycles. The Morgan fingerprint density at radius 3 is 2.36 bits per heavy atom. The van der Waals surface area contributed by atoms with Crippen molar-refractivity contribution in [3.8, 4) is 0 Å². The van der Waals surface area contributed by atoms with Gasteiger partial charge in [0.05, 0.1) is 6.54 Å². The summed E-state index contributed by atoms with van der Waals surface area (Å²) >= 11 is 0. The van der Waals surface area contributed by atoms with Crippen LogP contribution in [0.2, 0.25) is 0 Å². The summed E-state index contributed by atoms with van der Waals surface area (Å²) in [6.45, 7) is 5.27. The van der Waals surface area contributed by atoms with Crippen LogP contribution in [0.15, 0.2) is 5.16 Å². The second-order valence-corrected chi connectivity index (χ2v) is 3.56. The topological polar surface area (TPSA) is 90.9 Å². The first-order valence-electron chi connectivity index (χ1n) is 4.92. The average molecular weight is 203 g/mol. The number of nitrogens with one attached hydrogen (secondary N) is 1. The van der Waals surface area contributed by atoms with Gasteiger partial charge in [0.15, 0.2) is 5.84 Å². The van der Waals surface area contributed by atoms with Gasteiger partial charge in [0.1, 0.15) is 0 Å². The van der Waals surface area contributed by atoms with Crippen molar-refractivity contribution in [3.63, 3.8) is 0 Å². The Morgan fingerprint density at radius 2 is 2.00 bits per heavy atom. The molecule has 0 radical (unpaired) electrons. The van der Waals surface area contributed by atoms with E-state index in [-0.39, 0.29) is 17.9 Å². The summed E-state index contributed by atoms with van der Waals surface area (Å²) in [5, 5.41) is 23.5. The van der Waals surface area contributed by atoms with Gasteiger partial charge in [-0.2, -0.15) is 0 Å². The first-order chi connectivity index (χ1) is 6.64. The molecule has 0 fully saturated rings. The first kappa shape index (κ1) is 13.2. The van der Waals surface area contributed by atoms with Crippen LogP contribution < -0.4 is 11.1 Å². The molecule has 5 heteroatoms. The molecule has 0 spiro atoms. The highest BCUT2D eigenvalue weighted by atomic mass is 16.4. The predicted octanol–water partition coefficient (Wildman–Crippen LogP) is 0.121.